The minimum Gasteiger partial charge on any atom is -0.434 e. The number of likely N-dealkylation sites (N-methyl/N-ethyl adjacent to an activating group) is 1. The number of piperidine rings is 1. The summed E-state index contributed by atoms with van der Waals surface area (Å²) in [5.41, 5.74) is 2.38. The van der Waals surface area contributed by atoms with Gasteiger partial charge in [0.1, 0.15) is 17.8 Å². The maximum absolute atomic E-state index is 12.9. The van der Waals surface area contributed by atoms with Crippen LogP contribution in [0.3, 0.4) is 0 Å². The lowest BCUT2D eigenvalue weighted by molar-refractivity contribution is -0.0494. The molecule has 0 aliphatic carbocycles. The minimum absolute atomic E-state index is 0.0713. The number of fused-ring (bicyclic) bond motifs is 1. The van der Waals surface area contributed by atoms with Gasteiger partial charge in [-0.1, -0.05) is 6.07 Å². The van der Waals surface area contributed by atoms with Gasteiger partial charge in [0, 0.05) is 18.2 Å². The van der Waals surface area contributed by atoms with Crippen LogP contribution in [0, 0.1) is 6.92 Å². The van der Waals surface area contributed by atoms with Crippen molar-refractivity contribution in [2.24, 2.45) is 0 Å². The van der Waals surface area contributed by atoms with Gasteiger partial charge in [-0.25, -0.2) is 4.98 Å². The number of anilines is 1. The van der Waals surface area contributed by atoms with Crippen LogP contribution in [-0.4, -0.2) is 57.3 Å². The van der Waals surface area contributed by atoms with Crippen molar-refractivity contribution in [3.05, 3.63) is 36.3 Å². The molecule has 1 N–H and O–H groups in total. The zero-order valence-electron chi connectivity index (χ0n) is 15.8. The van der Waals surface area contributed by atoms with Crippen molar-refractivity contribution >= 4 is 11.5 Å². The van der Waals surface area contributed by atoms with E-state index < -0.39 is 6.61 Å². The number of aryl methyl sites for hydroxylation is 1. The highest BCUT2D eigenvalue weighted by Crippen LogP contribution is 2.33. The average Bonchev–Trinajstić information content (AvgIpc) is 3.13. The second-order valence-electron chi connectivity index (χ2n) is 7.14. The molecule has 1 fully saturated rings. The monoisotopic (exact) mass is 388 g/mol. The zero-order chi connectivity index (χ0) is 19.7. The smallest absolute Gasteiger partial charge is 0.387 e. The number of ether oxygens (including phenoxy) is 1. The molecule has 9 heteroatoms. The largest absolute Gasteiger partial charge is 0.434 e. The van der Waals surface area contributed by atoms with E-state index in [-0.39, 0.29) is 11.8 Å². The summed E-state index contributed by atoms with van der Waals surface area (Å²) in [5.74, 6) is 0.655. The summed E-state index contributed by atoms with van der Waals surface area (Å²) in [6, 6.07) is 5.38. The third kappa shape index (κ3) is 3.75. The van der Waals surface area contributed by atoms with Gasteiger partial charge in [-0.2, -0.15) is 8.78 Å². The Balaban J connectivity index is 1.72. The topological polar surface area (TPSA) is 67.6 Å². The van der Waals surface area contributed by atoms with Gasteiger partial charge in [0.15, 0.2) is 0 Å². The molecule has 4 rings (SSSR count). The minimum atomic E-state index is -2.92. The second kappa shape index (κ2) is 7.67. The number of aromatic nitrogens is 4. The number of rotatable bonds is 5. The molecule has 1 aliphatic heterocycles. The molecule has 1 aliphatic rings. The molecule has 2 aromatic heterocycles. The molecule has 0 saturated carbocycles. The maximum atomic E-state index is 12.9. The summed E-state index contributed by atoms with van der Waals surface area (Å²) in [7, 11) is 2.09. The molecular weight excluding hydrogens is 366 g/mol. The number of hydrogen-bond acceptors (Lipinski definition) is 6. The van der Waals surface area contributed by atoms with Crippen molar-refractivity contribution < 1.29 is 13.5 Å². The summed E-state index contributed by atoms with van der Waals surface area (Å²) >= 11 is 0. The van der Waals surface area contributed by atoms with Crippen molar-refractivity contribution in [1.82, 2.24) is 24.5 Å². The molecule has 1 atom stereocenters. The van der Waals surface area contributed by atoms with E-state index in [2.05, 4.69) is 32.4 Å². The molecule has 0 bridgehead atoms. The van der Waals surface area contributed by atoms with Gasteiger partial charge in [0.05, 0.1) is 11.7 Å². The molecule has 148 valence electrons. The van der Waals surface area contributed by atoms with Crippen molar-refractivity contribution in [3.8, 4) is 17.0 Å². The first-order valence-corrected chi connectivity index (χ1v) is 9.21. The molecule has 0 spiro atoms. The van der Waals surface area contributed by atoms with Crippen molar-refractivity contribution in [3.63, 3.8) is 0 Å². The Morgan fingerprint density at radius 2 is 2.14 bits per heavy atom. The number of likely N-dealkylation sites (tertiary alicyclic amines) is 1. The van der Waals surface area contributed by atoms with Gasteiger partial charge in [-0.15, -0.1) is 10.2 Å². The molecule has 7 nitrogen and oxygen atoms in total. The highest BCUT2D eigenvalue weighted by atomic mass is 19.3. The highest BCUT2D eigenvalue weighted by Gasteiger charge is 2.21. The SMILES string of the molecule is Cc1ccc(-c2nnc(N[C@@H]3CCCN(C)C3)n3cncc23)c(OC(F)F)c1. The fourth-order valence-corrected chi connectivity index (χ4v) is 3.61. The molecule has 3 aromatic rings. The summed E-state index contributed by atoms with van der Waals surface area (Å²) in [6.07, 6.45) is 5.46. The third-order valence-corrected chi connectivity index (χ3v) is 4.92. The normalized spacial score (nSPS) is 18.0. The van der Waals surface area contributed by atoms with Crippen LogP contribution in [0.15, 0.2) is 30.7 Å². The van der Waals surface area contributed by atoms with Gasteiger partial charge in [0.2, 0.25) is 5.95 Å². The maximum Gasteiger partial charge on any atom is 0.387 e. The molecular formula is C19H22F2N6O. The number of halogens is 2. The summed E-state index contributed by atoms with van der Waals surface area (Å²) in [6.45, 7) is 0.906. The number of nitrogens with one attached hydrogen (secondary N) is 1. The Labute approximate surface area is 161 Å². The molecule has 0 unspecified atom stereocenters. The van der Waals surface area contributed by atoms with Gasteiger partial charge in [-0.05, 0) is 51.1 Å². The fourth-order valence-electron chi connectivity index (χ4n) is 3.61. The van der Waals surface area contributed by atoms with Gasteiger partial charge >= 0.3 is 6.61 Å². The van der Waals surface area contributed by atoms with Crippen molar-refractivity contribution in [2.45, 2.75) is 32.4 Å². The van der Waals surface area contributed by atoms with Crippen LogP contribution in [0.25, 0.3) is 16.8 Å². The quantitative estimate of drug-likeness (QED) is 0.724. The van der Waals surface area contributed by atoms with Crippen molar-refractivity contribution in [2.75, 3.05) is 25.5 Å². The van der Waals surface area contributed by atoms with E-state index in [9.17, 15) is 8.78 Å². The number of hydrogen-bond donors (Lipinski definition) is 1. The van der Waals surface area contributed by atoms with E-state index in [0.717, 1.165) is 31.5 Å². The van der Waals surface area contributed by atoms with E-state index in [1.165, 1.54) is 0 Å². The number of benzene rings is 1. The second-order valence-corrected chi connectivity index (χ2v) is 7.14. The van der Waals surface area contributed by atoms with Crippen LogP contribution in [-0.2, 0) is 0 Å². The standard InChI is InChI=1S/C19H22F2N6O/c1-12-5-6-14(16(8-12)28-18(20)21)17-15-9-22-11-27(15)19(25-24-17)23-13-4-3-7-26(2)10-13/h5-6,8-9,11,13,18H,3-4,7,10H2,1-2H3,(H,23,25)/t13-/m1/s1. The molecule has 0 amide bonds. The van der Waals surface area contributed by atoms with Gasteiger partial charge in [0.25, 0.3) is 0 Å². The first-order valence-electron chi connectivity index (χ1n) is 9.21. The Morgan fingerprint density at radius 1 is 1.29 bits per heavy atom. The van der Waals surface area contributed by atoms with E-state index in [0.29, 0.717) is 22.7 Å². The lowest BCUT2D eigenvalue weighted by Crippen LogP contribution is -2.40. The number of imidazole rings is 1. The van der Waals surface area contributed by atoms with Gasteiger partial charge in [-0.3, -0.25) is 4.40 Å². The Kier molecular flexibility index (Phi) is 5.08. The molecule has 3 heterocycles. The Morgan fingerprint density at radius 3 is 2.93 bits per heavy atom. The van der Waals surface area contributed by atoms with Crippen LogP contribution in [0.2, 0.25) is 0 Å². The van der Waals surface area contributed by atoms with Gasteiger partial charge < -0.3 is 15.0 Å². The average molecular weight is 388 g/mol. The number of nitrogens with zero attached hydrogens (tertiary/aromatic N) is 5. The fraction of sp³-hybridized carbons (Fsp3) is 0.421. The van der Waals surface area contributed by atoms with Crippen LogP contribution >= 0.6 is 0 Å². The van der Waals surface area contributed by atoms with Crippen LogP contribution < -0.4 is 10.1 Å². The summed E-state index contributed by atoms with van der Waals surface area (Å²) in [5, 5.41) is 12.1. The number of alkyl halides is 2. The van der Waals surface area contributed by atoms with E-state index in [1.807, 2.05) is 13.0 Å². The lowest BCUT2D eigenvalue weighted by atomic mass is 10.1. The first-order chi connectivity index (χ1) is 13.5. The van der Waals surface area contributed by atoms with Crippen molar-refractivity contribution in [1.29, 1.82) is 0 Å². The van der Waals surface area contributed by atoms with Crippen LogP contribution in [0.4, 0.5) is 14.7 Å². The predicted octanol–water partition coefficient (Wildman–Crippen LogP) is 3.21. The highest BCUT2D eigenvalue weighted by molar-refractivity contribution is 5.81. The Hall–Kier alpha value is -2.81. The molecule has 28 heavy (non-hydrogen) atoms. The predicted molar refractivity (Wildman–Crippen MR) is 102 cm³/mol. The summed E-state index contributed by atoms with van der Waals surface area (Å²) in [4.78, 5) is 6.48. The van der Waals surface area contributed by atoms with Crippen LogP contribution in [0.5, 0.6) is 5.75 Å². The van der Waals surface area contributed by atoms with E-state index in [1.54, 1.807) is 29.1 Å². The molecule has 1 aromatic carbocycles. The zero-order valence-corrected chi connectivity index (χ0v) is 15.8. The molecule has 0 radical (unpaired) electrons. The lowest BCUT2D eigenvalue weighted by Gasteiger charge is -2.30. The molecule has 1 saturated heterocycles. The summed E-state index contributed by atoms with van der Waals surface area (Å²) < 4.78 is 32.2. The third-order valence-electron chi connectivity index (χ3n) is 4.92. The van der Waals surface area contributed by atoms with E-state index >= 15 is 0 Å². The Bertz CT molecular complexity index is 976. The van der Waals surface area contributed by atoms with E-state index in [4.69, 9.17) is 4.74 Å². The van der Waals surface area contributed by atoms with Crippen LogP contribution in [0.1, 0.15) is 18.4 Å². The first kappa shape index (κ1) is 18.5.